The van der Waals surface area contributed by atoms with Gasteiger partial charge in [-0.2, -0.15) is 13.2 Å². The van der Waals surface area contributed by atoms with Crippen molar-refractivity contribution in [1.29, 1.82) is 0 Å². The van der Waals surface area contributed by atoms with Gasteiger partial charge in [0.05, 0.1) is 19.4 Å². The number of likely N-dealkylation sites (N-methyl/N-ethyl adjacent to an activating group) is 1. The second kappa shape index (κ2) is 8.55. The topological polar surface area (TPSA) is 55.2 Å². The Balaban J connectivity index is 1.61. The summed E-state index contributed by atoms with van der Waals surface area (Å²) in [6.45, 7) is -0.392. The van der Waals surface area contributed by atoms with Crippen molar-refractivity contribution < 1.29 is 31.9 Å². The normalized spacial score (nSPS) is 13.6. The van der Waals surface area contributed by atoms with Crippen LogP contribution in [0.25, 0.3) is 0 Å². The number of hydrogen-bond donors (Lipinski definition) is 0. The zero-order valence-electron chi connectivity index (χ0n) is 15.4. The van der Waals surface area contributed by atoms with E-state index < -0.39 is 18.6 Å². The third kappa shape index (κ3) is 5.66. The minimum absolute atomic E-state index is 0.161. The van der Waals surface area contributed by atoms with Crippen LogP contribution in [0.15, 0.2) is 41.0 Å². The predicted molar refractivity (Wildman–Crippen MR) is 93.9 cm³/mol. The Morgan fingerprint density at radius 2 is 1.86 bits per heavy atom. The van der Waals surface area contributed by atoms with Gasteiger partial charge >= 0.3 is 6.18 Å². The smallest absolute Gasteiger partial charge is 0.406 e. The molecule has 1 aliphatic heterocycles. The Kier molecular flexibility index (Phi) is 6.13. The maximum atomic E-state index is 12.9. The summed E-state index contributed by atoms with van der Waals surface area (Å²) in [5, 5.41) is 0. The molecule has 152 valence electrons. The van der Waals surface area contributed by atoms with Crippen LogP contribution in [0, 0.1) is 0 Å². The molecule has 0 bridgehead atoms. The van der Waals surface area contributed by atoms with Crippen molar-refractivity contribution in [2.75, 3.05) is 33.4 Å². The van der Waals surface area contributed by atoms with Crippen molar-refractivity contribution in [2.45, 2.75) is 19.3 Å². The molecule has 0 spiro atoms. The molecule has 0 atom stereocenters. The summed E-state index contributed by atoms with van der Waals surface area (Å²) in [6, 6.07) is 8.54. The molecule has 6 nitrogen and oxygen atoms in total. The molecule has 1 aromatic heterocycles. The number of carbonyl (C=O) groups is 1. The standard InChI is InChI=1S/C19H21F3N2O4/c1-23(10-14-4-5-16-17(9-14)28-8-7-27-16)12-18(25)24(13-19(20,21)22)11-15-3-2-6-26-15/h2-6,9H,7-8,10-13H2,1H3. The molecule has 1 aliphatic rings. The molecule has 0 fully saturated rings. The van der Waals surface area contributed by atoms with Crippen LogP contribution >= 0.6 is 0 Å². The molecule has 9 heteroatoms. The summed E-state index contributed by atoms with van der Waals surface area (Å²) in [5.41, 5.74) is 0.868. The van der Waals surface area contributed by atoms with Crippen LogP contribution in [0.1, 0.15) is 11.3 Å². The number of halogens is 3. The first-order chi connectivity index (χ1) is 13.3. The highest BCUT2D eigenvalue weighted by molar-refractivity contribution is 5.78. The molecule has 3 rings (SSSR count). The maximum absolute atomic E-state index is 12.9. The second-order valence-electron chi connectivity index (χ2n) is 6.59. The summed E-state index contributed by atoms with van der Waals surface area (Å²) >= 11 is 0. The van der Waals surface area contributed by atoms with E-state index in [2.05, 4.69) is 0 Å². The molecule has 0 N–H and O–H groups in total. The first-order valence-electron chi connectivity index (χ1n) is 8.74. The summed E-state index contributed by atoms with van der Waals surface area (Å²) in [6.07, 6.45) is -3.13. The Labute approximate surface area is 160 Å². The lowest BCUT2D eigenvalue weighted by Gasteiger charge is -2.26. The van der Waals surface area contributed by atoms with E-state index in [0.29, 0.717) is 37.0 Å². The quantitative estimate of drug-likeness (QED) is 0.718. The highest BCUT2D eigenvalue weighted by atomic mass is 19.4. The van der Waals surface area contributed by atoms with Gasteiger partial charge in [-0.3, -0.25) is 9.69 Å². The number of amides is 1. The van der Waals surface area contributed by atoms with Gasteiger partial charge < -0.3 is 18.8 Å². The summed E-state index contributed by atoms with van der Waals surface area (Å²) in [7, 11) is 1.67. The minimum atomic E-state index is -4.49. The van der Waals surface area contributed by atoms with Crippen molar-refractivity contribution >= 4 is 5.91 Å². The molecule has 1 aromatic carbocycles. The van der Waals surface area contributed by atoms with Crippen molar-refractivity contribution in [3.05, 3.63) is 47.9 Å². The van der Waals surface area contributed by atoms with Gasteiger partial charge in [0, 0.05) is 6.54 Å². The number of furan rings is 1. The molecular formula is C19H21F3N2O4. The van der Waals surface area contributed by atoms with Crippen LogP contribution in [0.4, 0.5) is 13.2 Å². The molecule has 0 saturated heterocycles. The molecule has 1 amide bonds. The Bertz CT molecular complexity index is 793. The number of fused-ring (bicyclic) bond motifs is 1. The van der Waals surface area contributed by atoms with Crippen LogP contribution in [-0.4, -0.2) is 55.2 Å². The van der Waals surface area contributed by atoms with Crippen LogP contribution < -0.4 is 9.47 Å². The fraction of sp³-hybridized carbons (Fsp3) is 0.421. The zero-order valence-corrected chi connectivity index (χ0v) is 15.4. The fourth-order valence-corrected chi connectivity index (χ4v) is 2.92. The highest BCUT2D eigenvalue weighted by Gasteiger charge is 2.33. The van der Waals surface area contributed by atoms with Gasteiger partial charge in [-0.05, 0) is 36.9 Å². The Hall–Kier alpha value is -2.68. The van der Waals surface area contributed by atoms with Crippen molar-refractivity contribution in [3.8, 4) is 11.5 Å². The monoisotopic (exact) mass is 398 g/mol. The predicted octanol–water partition coefficient (Wildman–Crippen LogP) is 3.07. The number of nitrogens with zero attached hydrogens (tertiary/aromatic N) is 2. The SMILES string of the molecule is CN(CC(=O)N(Cc1ccco1)CC(F)(F)F)Cc1ccc2c(c1)OCCO2. The third-order valence-corrected chi connectivity index (χ3v) is 4.11. The summed E-state index contributed by atoms with van der Waals surface area (Å²) in [4.78, 5) is 14.9. The van der Waals surface area contributed by atoms with E-state index in [4.69, 9.17) is 13.9 Å². The summed E-state index contributed by atoms with van der Waals surface area (Å²) in [5.74, 6) is 0.949. The largest absolute Gasteiger partial charge is 0.486 e. The van der Waals surface area contributed by atoms with Crippen molar-refractivity contribution in [2.24, 2.45) is 0 Å². The second-order valence-corrected chi connectivity index (χ2v) is 6.59. The molecule has 2 aromatic rings. The molecule has 0 saturated carbocycles. The van der Waals surface area contributed by atoms with Gasteiger partial charge in [0.1, 0.15) is 25.5 Å². The van der Waals surface area contributed by atoms with Gasteiger partial charge in [0.15, 0.2) is 11.5 Å². The number of hydrogen-bond acceptors (Lipinski definition) is 5. The van der Waals surface area contributed by atoms with Crippen LogP contribution in [0.5, 0.6) is 11.5 Å². The fourth-order valence-electron chi connectivity index (χ4n) is 2.92. The molecule has 28 heavy (non-hydrogen) atoms. The lowest BCUT2D eigenvalue weighted by atomic mass is 10.2. The van der Waals surface area contributed by atoms with Gasteiger partial charge in [-0.1, -0.05) is 6.07 Å². The highest BCUT2D eigenvalue weighted by Crippen LogP contribution is 2.31. The van der Waals surface area contributed by atoms with Gasteiger partial charge in [-0.25, -0.2) is 0 Å². The number of ether oxygens (including phenoxy) is 2. The molecule has 2 heterocycles. The lowest BCUT2D eigenvalue weighted by molar-refractivity contribution is -0.163. The van der Waals surface area contributed by atoms with E-state index in [1.54, 1.807) is 24.1 Å². The molecule has 0 radical (unpaired) electrons. The Morgan fingerprint density at radius 3 is 2.54 bits per heavy atom. The third-order valence-electron chi connectivity index (χ3n) is 4.11. The lowest BCUT2D eigenvalue weighted by Crippen LogP contribution is -2.43. The van der Waals surface area contributed by atoms with Crippen molar-refractivity contribution in [3.63, 3.8) is 0 Å². The zero-order chi connectivity index (χ0) is 20.1. The van der Waals surface area contributed by atoms with E-state index in [9.17, 15) is 18.0 Å². The first-order valence-corrected chi connectivity index (χ1v) is 8.74. The average molecular weight is 398 g/mol. The number of alkyl halides is 3. The minimum Gasteiger partial charge on any atom is -0.486 e. The van der Waals surface area contributed by atoms with E-state index in [-0.39, 0.29) is 13.1 Å². The van der Waals surface area contributed by atoms with Crippen LogP contribution in [0.2, 0.25) is 0 Å². The van der Waals surface area contributed by atoms with E-state index in [0.717, 1.165) is 10.5 Å². The van der Waals surface area contributed by atoms with E-state index in [1.807, 2.05) is 12.1 Å². The molecular weight excluding hydrogens is 377 g/mol. The Morgan fingerprint density at radius 1 is 1.11 bits per heavy atom. The van der Waals surface area contributed by atoms with Gasteiger partial charge in [0.2, 0.25) is 5.91 Å². The van der Waals surface area contributed by atoms with E-state index >= 15 is 0 Å². The molecule has 0 unspecified atom stereocenters. The summed E-state index contributed by atoms with van der Waals surface area (Å²) < 4.78 is 54.7. The molecule has 0 aliphatic carbocycles. The maximum Gasteiger partial charge on any atom is 0.406 e. The van der Waals surface area contributed by atoms with Crippen LogP contribution in [-0.2, 0) is 17.9 Å². The van der Waals surface area contributed by atoms with E-state index in [1.165, 1.54) is 12.3 Å². The number of benzene rings is 1. The average Bonchev–Trinajstić information content (AvgIpc) is 3.13. The van der Waals surface area contributed by atoms with Gasteiger partial charge in [-0.15, -0.1) is 0 Å². The van der Waals surface area contributed by atoms with Gasteiger partial charge in [0.25, 0.3) is 0 Å². The van der Waals surface area contributed by atoms with Crippen molar-refractivity contribution in [1.82, 2.24) is 9.80 Å². The number of carbonyl (C=O) groups excluding carboxylic acids is 1. The first kappa shape index (κ1) is 20.1. The number of rotatable bonds is 7. The van der Waals surface area contributed by atoms with Crippen LogP contribution in [0.3, 0.4) is 0 Å².